The van der Waals surface area contributed by atoms with E-state index in [9.17, 15) is 5.11 Å². The fraction of sp³-hybridized carbons (Fsp3) is 0.467. The number of rotatable bonds is 4. The Morgan fingerprint density at radius 2 is 2.11 bits per heavy atom. The van der Waals surface area contributed by atoms with Crippen molar-refractivity contribution in [3.05, 3.63) is 30.0 Å². The quantitative estimate of drug-likeness (QED) is 0.895. The smallest absolute Gasteiger partial charge is 0.125 e. The second kappa shape index (κ2) is 4.32. The number of phenols is 1. The Morgan fingerprint density at radius 3 is 2.78 bits per heavy atom. The molecular weight excluding hydrogens is 224 g/mol. The number of nitrogens with zero attached hydrogens (tertiary/aromatic N) is 2. The van der Waals surface area contributed by atoms with Crippen LogP contribution >= 0.6 is 0 Å². The highest BCUT2D eigenvalue weighted by molar-refractivity contribution is 5.90. The number of aromatic nitrogens is 1. The van der Waals surface area contributed by atoms with Gasteiger partial charge in [0.05, 0.1) is 5.52 Å². The van der Waals surface area contributed by atoms with Gasteiger partial charge in [-0.05, 0) is 51.1 Å². The lowest BCUT2D eigenvalue weighted by molar-refractivity contribution is 0.413. The third-order valence-electron chi connectivity index (χ3n) is 3.68. The van der Waals surface area contributed by atoms with Crippen molar-refractivity contribution >= 4 is 10.9 Å². The number of hydrogen-bond donors (Lipinski definition) is 1. The van der Waals surface area contributed by atoms with E-state index in [1.807, 2.05) is 6.07 Å². The van der Waals surface area contributed by atoms with Crippen molar-refractivity contribution in [1.82, 2.24) is 9.47 Å². The molecule has 1 heterocycles. The molecule has 0 saturated heterocycles. The van der Waals surface area contributed by atoms with Crippen molar-refractivity contribution in [1.29, 1.82) is 0 Å². The maximum Gasteiger partial charge on any atom is 0.125 e. The van der Waals surface area contributed by atoms with Gasteiger partial charge in [0.15, 0.2) is 0 Å². The molecule has 0 bridgehead atoms. The Kier molecular flexibility index (Phi) is 2.78. The number of aromatic hydroxyl groups is 1. The zero-order valence-electron chi connectivity index (χ0n) is 11.1. The lowest BCUT2D eigenvalue weighted by atomic mass is 10.1. The molecule has 0 radical (unpaired) electrons. The summed E-state index contributed by atoms with van der Waals surface area (Å²) in [5.74, 6) is 0.417. The topological polar surface area (TPSA) is 28.4 Å². The standard InChI is InChI=1S/C15H20N2O/c1-16(2)9-8-11-10-17(12-6-7-12)13-4-3-5-14(18)15(11)13/h3-5,10,12,18H,6-9H2,1-2H3. The summed E-state index contributed by atoms with van der Waals surface area (Å²) in [5, 5.41) is 11.2. The first-order valence-corrected chi connectivity index (χ1v) is 6.63. The van der Waals surface area contributed by atoms with Gasteiger partial charge in [0.1, 0.15) is 5.75 Å². The molecule has 3 heteroatoms. The van der Waals surface area contributed by atoms with Crippen LogP contribution in [-0.2, 0) is 6.42 Å². The minimum atomic E-state index is 0.417. The first kappa shape index (κ1) is 11.6. The number of likely N-dealkylation sites (N-methyl/N-ethyl adjacent to an activating group) is 1. The Labute approximate surface area is 108 Å². The van der Waals surface area contributed by atoms with Gasteiger partial charge in [-0.15, -0.1) is 0 Å². The molecule has 1 aliphatic rings. The molecule has 0 spiro atoms. The number of benzene rings is 1. The zero-order valence-corrected chi connectivity index (χ0v) is 11.1. The Morgan fingerprint density at radius 1 is 1.33 bits per heavy atom. The van der Waals surface area contributed by atoms with Crippen LogP contribution in [0, 0.1) is 0 Å². The molecule has 0 aliphatic heterocycles. The Hall–Kier alpha value is -1.48. The first-order chi connectivity index (χ1) is 8.66. The molecule has 1 fully saturated rings. The molecule has 2 aromatic rings. The van der Waals surface area contributed by atoms with Gasteiger partial charge in [-0.1, -0.05) is 6.07 Å². The van der Waals surface area contributed by atoms with E-state index in [4.69, 9.17) is 0 Å². The summed E-state index contributed by atoms with van der Waals surface area (Å²) in [5.41, 5.74) is 2.45. The summed E-state index contributed by atoms with van der Waals surface area (Å²) >= 11 is 0. The van der Waals surface area contributed by atoms with Gasteiger partial charge < -0.3 is 14.6 Å². The molecule has 1 saturated carbocycles. The van der Waals surface area contributed by atoms with Crippen molar-refractivity contribution in [2.75, 3.05) is 20.6 Å². The van der Waals surface area contributed by atoms with Gasteiger partial charge in [0, 0.05) is 24.2 Å². The lowest BCUT2D eigenvalue weighted by Gasteiger charge is -2.08. The predicted octanol–water partition coefficient (Wildman–Crippen LogP) is 2.79. The molecule has 1 N–H and O–H groups in total. The summed E-state index contributed by atoms with van der Waals surface area (Å²) in [4.78, 5) is 2.18. The van der Waals surface area contributed by atoms with Crippen LogP contribution < -0.4 is 0 Å². The maximum atomic E-state index is 10.1. The van der Waals surface area contributed by atoms with E-state index in [2.05, 4.69) is 35.8 Å². The van der Waals surface area contributed by atoms with E-state index in [-0.39, 0.29) is 0 Å². The average Bonchev–Trinajstić information content (AvgIpc) is 3.09. The predicted molar refractivity (Wildman–Crippen MR) is 74.1 cm³/mol. The van der Waals surface area contributed by atoms with E-state index >= 15 is 0 Å². The highest BCUT2D eigenvalue weighted by Gasteiger charge is 2.26. The van der Waals surface area contributed by atoms with Crippen molar-refractivity contribution in [2.45, 2.75) is 25.3 Å². The van der Waals surface area contributed by atoms with Crippen LogP contribution in [-0.4, -0.2) is 35.2 Å². The van der Waals surface area contributed by atoms with Crippen LogP contribution in [0.3, 0.4) is 0 Å². The van der Waals surface area contributed by atoms with Gasteiger partial charge >= 0.3 is 0 Å². The molecule has 0 atom stereocenters. The van der Waals surface area contributed by atoms with Gasteiger partial charge in [-0.2, -0.15) is 0 Å². The summed E-state index contributed by atoms with van der Waals surface area (Å²) < 4.78 is 2.35. The van der Waals surface area contributed by atoms with Crippen LogP contribution in [0.4, 0.5) is 0 Å². The summed E-state index contributed by atoms with van der Waals surface area (Å²) in [6, 6.07) is 6.50. The Bertz CT molecular complexity index is 567. The molecule has 96 valence electrons. The minimum Gasteiger partial charge on any atom is -0.507 e. The van der Waals surface area contributed by atoms with Gasteiger partial charge in [-0.25, -0.2) is 0 Å². The van der Waals surface area contributed by atoms with Crippen molar-refractivity contribution in [2.24, 2.45) is 0 Å². The lowest BCUT2D eigenvalue weighted by Crippen LogP contribution is -2.14. The molecule has 18 heavy (non-hydrogen) atoms. The molecule has 1 aromatic heterocycles. The fourth-order valence-corrected chi connectivity index (χ4v) is 2.56. The average molecular weight is 244 g/mol. The van der Waals surface area contributed by atoms with Gasteiger partial charge in [0.25, 0.3) is 0 Å². The summed E-state index contributed by atoms with van der Waals surface area (Å²) in [7, 11) is 4.17. The second-order valence-corrected chi connectivity index (χ2v) is 5.52. The summed E-state index contributed by atoms with van der Waals surface area (Å²) in [6.45, 7) is 1.01. The molecule has 0 unspecified atom stereocenters. The number of fused-ring (bicyclic) bond motifs is 1. The van der Waals surface area contributed by atoms with Gasteiger partial charge in [-0.3, -0.25) is 0 Å². The molecule has 3 rings (SSSR count). The first-order valence-electron chi connectivity index (χ1n) is 6.63. The molecule has 1 aromatic carbocycles. The van der Waals surface area contributed by atoms with Crippen LogP contribution in [0.15, 0.2) is 24.4 Å². The zero-order chi connectivity index (χ0) is 12.7. The molecule has 0 amide bonds. The third kappa shape index (κ3) is 1.99. The normalized spacial score (nSPS) is 15.7. The van der Waals surface area contributed by atoms with E-state index < -0.39 is 0 Å². The maximum absolute atomic E-state index is 10.1. The fourth-order valence-electron chi connectivity index (χ4n) is 2.56. The van der Waals surface area contributed by atoms with E-state index in [1.165, 1.54) is 23.9 Å². The summed E-state index contributed by atoms with van der Waals surface area (Å²) in [6.07, 6.45) is 5.77. The SMILES string of the molecule is CN(C)CCc1cn(C2CC2)c2cccc(O)c12. The largest absolute Gasteiger partial charge is 0.507 e. The van der Waals surface area contributed by atoms with Crippen LogP contribution in [0.5, 0.6) is 5.75 Å². The third-order valence-corrected chi connectivity index (χ3v) is 3.68. The van der Waals surface area contributed by atoms with E-state index in [0.717, 1.165) is 18.4 Å². The van der Waals surface area contributed by atoms with Crippen molar-refractivity contribution in [3.63, 3.8) is 0 Å². The van der Waals surface area contributed by atoms with Crippen LogP contribution in [0.1, 0.15) is 24.4 Å². The molecular formula is C15H20N2O. The number of phenolic OH excluding ortho intramolecular Hbond substituents is 1. The van der Waals surface area contributed by atoms with E-state index in [0.29, 0.717) is 11.8 Å². The monoisotopic (exact) mass is 244 g/mol. The molecule has 3 nitrogen and oxygen atoms in total. The van der Waals surface area contributed by atoms with Crippen molar-refractivity contribution in [3.8, 4) is 5.75 Å². The van der Waals surface area contributed by atoms with Crippen LogP contribution in [0.2, 0.25) is 0 Å². The van der Waals surface area contributed by atoms with Gasteiger partial charge in [0.2, 0.25) is 0 Å². The minimum absolute atomic E-state index is 0.417. The number of hydrogen-bond acceptors (Lipinski definition) is 2. The van der Waals surface area contributed by atoms with E-state index in [1.54, 1.807) is 6.07 Å². The van der Waals surface area contributed by atoms with Crippen molar-refractivity contribution < 1.29 is 5.11 Å². The second-order valence-electron chi connectivity index (χ2n) is 5.52. The highest BCUT2D eigenvalue weighted by atomic mass is 16.3. The molecule has 1 aliphatic carbocycles. The Balaban J connectivity index is 2.06. The highest BCUT2D eigenvalue weighted by Crippen LogP contribution is 2.40. The van der Waals surface area contributed by atoms with Crippen LogP contribution in [0.25, 0.3) is 10.9 Å².